The Balaban J connectivity index is 3.17. The van der Waals surface area contributed by atoms with Crippen LogP contribution >= 0.6 is 27.5 Å². The summed E-state index contributed by atoms with van der Waals surface area (Å²) in [5.74, 6) is -0.0567. The number of rotatable bonds is 2. The molecule has 0 saturated carbocycles. The van der Waals surface area contributed by atoms with Crippen LogP contribution in [-0.4, -0.2) is 9.96 Å². The van der Waals surface area contributed by atoms with Crippen molar-refractivity contribution in [3.8, 4) is 6.07 Å². The lowest BCUT2D eigenvalue weighted by atomic mass is 10.3. The van der Waals surface area contributed by atoms with Crippen molar-refractivity contribution in [1.82, 2.24) is 0 Å². The van der Waals surface area contributed by atoms with E-state index in [2.05, 4.69) is 15.9 Å². The molecule has 0 amide bonds. The molecule has 0 spiro atoms. The van der Waals surface area contributed by atoms with E-state index in [1.54, 1.807) is 6.07 Å². The number of benzene rings is 1. The van der Waals surface area contributed by atoms with Crippen LogP contribution in [0.2, 0.25) is 5.02 Å². The van der Waals surface area contributed by atoms with Gasteiger partial charge in [0.1, 0.15) is 5.75 Å². The highest BCUT2D eigenvalue weighted by atomic mass is 79.9. The first-order valence-corrected chi connectivity index (χ1v) is 6.05. The van der Waals surface area contributed by atoms with Gasteiger partial charge in [0.05, 0.1) is 32.5 Å². The van der Waals surface area contributed by atoms with E-state index in [4.69, 9.17) is 22.6 Å². The Morgan fingerprint density at radius 2 is 2.29 bits per heavy atom. The highest BCUT2D eigenvalue weighted by Crippen LogP contribution is 2.29. The van der Waals surface area contributed by atoms with Gasteiger partial charge in [-0.3, -0.25) is 4.21 Å². The monoisotopic (exact) mass is 292 g/mol. The normalized spacial score (nSPS) is 12.1. The van der Waals surface area contributed by atoms with Gasteiger partial charge >= 0.3 is 0 Å². The van der Waals surface area contributed by atoms with Gasteiger partial charge in [0.25, 0.3) is 0 Å². The summed E-state index contributed by atoms with van der Waals surface area (Å²) in [5, 5.41) is 8.74. The van der Waals surface area contributed by atoms with E-state index in [-0.39, 0.29) is 5.75 Å². The Morgan fingerprint density at radius 3 is 2.86 bits per heavy atom. The van der Waals surface area contributed by atoms with Crippen LogP contribution in [0.5, 0.6) is 0 Å². The number of nitrogens with two attached hydrogens (primary N) is 1. The largest absolute Gasteiger partial charge is 0.397 e. The Bertz CT molecular complexity index is 430. The topological polar surface area (TPSA) is 66.9 Å². The predicted octanol–water partition coefficient (Wildman–Crippen LogP) is 2.32. The number of nitrogens with zero attached hydrogens (tertiary/aromatic N) is 1. The van der Waals surface area contributed by atoms with Crippen molar-refractivity contribution in [3.05, 3.63) is 21.6 Å². The van der Waals surface area contributed by atoms with Crippen LogP contribution in [0.3, 0.4) is 0 Å². The molecule has 1 rings (SSSR count). The van der Waals surface area contributed by atoms with Crippen molar-refractivity contribution in [3.63, 3.8) is 0 Å². The summed E-state index contributed by atoms with van der Waals surface area (Å²) in [6, 6.07) is 4.92. The number of hydrogen-bond donors (Lipinski definition) is 1. The molecule has 0 heterocycles. The number of nitriles is 1. The molecule has 2 N–H and O–H groups in total. The van der Waals surface area contributed by atoms with Crippen LogP contribution in [0.4, 0.5) is 5.69 Å². The van der Waals surface area contributed by atoms with Crippen molar-refractivity contribution in [2.45, 2.75) is 4.90 Å². The molecule has 14 heavy (non-hydrogen) atoms. The highest BCUT2D eigenvalue weighted by molar-refractivity contribution is 9.10. The molecule has 1 aromatic carbocycles. The lowest BCUT2D eigenvalue weighted by Crippen LogP contribution is -1.98. The second kappa shape index (κ2) is 4.78. The fourth-order valence-corrected chi connectivity index (χ4v) is 2.78. The van der Waals surface area contributed by atoms with Gasteiger partial charge in [-0.25, -0.2) is 0 Å². The average Bonchev–Trinajstić information content (AvgIpc) is 2.11. The molecule has 1 aromatic rings. The smallest absolute Gasteiger partial charge is 0.115 e. The summed E-state index contributed by atoms with van der Waals surface area (Å²) in [6.45, 7) is 0. The lowest BCUT2D eigenvalue weighted by molar-refractivity contribution is 0.685. The van der Waals surface area contributed by atoms with E-state index in [0.29, 0.717) is 20.1 Å². The molecule has 3 nitrogen and oxygen atoms in total. The third kappa shape index (κ3) is 2.47. The molecule has 0 aliphatic rings. The third-order valence-corrected chi connectivity index (χ3v) is 3.96. The number of hydrogen-bond acceptors (Lipinski definition) is 3. The van der Waals surface area contributed by atoms with Gasteiger partial charge in [0.15, 0.2) is 0 Å². The minimum absolute atomic E-state index is 0.0567. The second-order valence-corrected chi connectivity index (χ2v) is 5.13. The second-order valence-electron chi connectivity index (χ2n) is 2.45. The summed E-state index contributed by atoms with van der Waals surface area (Å²) in [5.41, 5.74) is 5.95. The molecule has 0 aliphatic carbocycles. The van der Waals surface area contributed by atoms with Crippen LogP contribution < -0.4 is 5.73 Å². The first kappa shape index (κ1) is 11.5. The maximum absolute atomic E-state index is 11.5. The molecule has 0 saturated heterocycles. The van der Waals surface area contributed by atoms with Crippen molar-refractivity contribution >= 4 is 44.0 Å². The van der Waals surface area contributed by atoms with Crippen molar-refractivity contribution in [2.75, 3.05) is 11.5 Å². The summed E-state index contributed by atoms with van der Waals surface area (Å²) in [4.78, 5) is 0.491. The van der Waals surface area contributed by atoms with Gasteiger partial charge in [-0.15, -0.1) is 0 Å². The Hall–Kier alpha value is -0.570. The van der Waals surface area contributed by atoms with E-state index in [9.17, 15) is 4.21 Å². The van der Waals surface area contributed by atoms with Gasteiger partial charge in [-0.2, -0.15) is 5.26 Å². The van der Waals surface area contributed by atoms with E-state index >= 15 is 0 Å². The standard InChI is InChI=1S/C8H6BrClN2OS/c9-5-3-7(12)6(10)4-8(5)14(13)2-1-11/h3-4H,2,12H2. The van der Waals surface area contributed by atoms with Crippen LogP contribution in [0, 0.1) is 11.3 Å². The zero-order valence-electron chi connectivity index (χ0n) is 6.96. The molecule has 1 unspecified atom stereocenters. The zero-order chi connectivity index (χ0) is 10.7. The lowest BCUT2D eigenvalue weighted by Gasteiger charge is -2.04. The maximum atomic E-state index is 11.5. The van der Waals surface area contributed by atoms with Crippen LogP contribution in [0.1, 0.15) is 0 Å². The molecule has 74 valence electrons. The molecule has 0 radical (unpaired) electrons. The zero-order valence-corrected chi connectivity index (χ0v) is 10.1. The maximum Gasteiger partial charge on any atom is 0.115 e. The molecule has 0 fully saturated rings. The van der Waals surface area contributed by atoms with E-state index in [1.807, 2.05) is 6.07 Å². The SMILES string of the molecule is N#CCS(=O)c1cc(Cl)c(N)cc1Br. The Morgan fingerprint density at radius 1 is 1.64 bits per heavy atom. The molecule has 0 aromatic heterocycles. The molecule has 1 atom stereocenters. The molecule has 0 bridgehead atoms. The number of anilines is 1. The fourth-order valence-electron chi connectivity index (χ4n) is 0.855. The Labute approximate surface area is 97.4 Å². The van der Waals surface area contributed by atoms with Gasteiger partial charge in [-0.05, 0) is 28.1 Å². The van der Waals surface area contributed by atoms with Crippen LogP contribution in [-0.2, 0) is 10.8 Å². The fraction of sp³-hybridized carbons (Fsp3) is 0.125. The quantitative estimate of drug-likeness (QED) is 0.851. The minimum atomic E-state index is -1.36. The van der Waals surface area contributed by atoms with E-state index in [0.717, 1.165) is 0 Å². The summed E-state index contributed by atoms with van der Waals surface area (Å²) in [7, 11) is -1.36. The first-order valence-electron chi connectivity index (χ1n) is 3.56. The van der Waals surface area contributed by atoms with Gasteiger partial charge < -0.3 is 5.73 Å². The average molecular weight is 294 g/mol. The highest BCUT2D eigenvalue weighted by Gasteiger charge is 2.10. The van der Waals surface area contributed by atoms with Crippen molar-refractivity contribution < 1.29 is 4.21 Å². The predicted molar refractivity (Wildman–Crippen MR) is 60.5 cm³/mol. The van der Waals surface area contributed by atoms with Crippen molar-refractivity contribution in [2.24, 2.45) is 0 Å². The third-order valence-electron chi connectivity index (χ3n) is 1.49. The molecular weight excluding hydrogens is 288 g/mol. The summed E-state index contributed by atoms with van der Waals surface area (Å²) >= 11 is 8.98. The van der Waals surface area contributed by atoms with Crippen LogP contribution in [0.15, 0.2) is 21.5 Å². The Kier molecular flexibility index (Phi) is 3.93. The molecule has 6 heteroatoms. The number of nitrogen functional groups attached to an aromatic ring is 1. The van der Waals surface area contributed by atoms with Gasteiger partial charge in [0, 0.05) is 4.47 Å². The van der Waals surface area contributed by atoms with E-state index in [1.165, 1.54) is 6.07 Å². The minimum Gasteiger partial charge on any atom is -0.397 e. The van der Waals surface area contributed by atoms with Gasteiger partial charge in [-0.1, -0.05) is 11.6 Å². The van der Waals surface area contributed by atoms with E-state index < -0.39 is 10.8 Å². The summed E-state index contributed by atoms with van der Waals surface area (Å²) in [6.07, 6.45) is 0. The van der Waals surface area contributed by atoms with Gasteiger partial charge in [0.2, 0.25) is 0 Å². The molecular formula is C8H6BrClN2OS. The summed E-state index contributed by atoms with van der Waals surface area (Å²) < 4.78 is 12.1. The van der Waals surface area contributed by atoms with Crippen LogP contribution in [0.25, 0.3) is 0 Å². The number of halogens is 2. The molecule has 0 aliphatic heterocycles. The van der Waals surface area contributed by atoms with Crippen molar-refractivity contribution in [1.29, 1.82) is 5.26 Å². The first-order chi connectivity index (χ1) is 6.56.